The average molecular weight is 309 g/mol. The van der Waals surface area contributed by atoms with Crippen LogP contribution in [-0.2, 0) is 9.53 Å². The molecule has 0 bridgehead atoms. The molecule has 2 saturated heterocycles. The lowest BCUT2D eigenvalue weighted by Gasteiger charge is -2.35. The van der Waals surface area contributed by atoms with Gasteiger partial charge in [0, 0.05) is 31.7 Å². The predicted molar refractivity (Wildman–Crippen MR) is 78.1 cm³/mol. The van der Waals surface area contributed by atoms with Gasteiger partial charge in [-0.3, -0.25) is 4.79 Å². The van der Waals surface area contributed by atoms with Crippen LogP contribution in [0.15, 0.2) is 12.3 Å². The van der Waals surface area contributed by atoms with Gasteiger partial charge in [-0.05, 0) is 13.3 Å². The first kappa shape index (κ1) is 15.0. The zero-order valence-corrected chi connectivity index (χ0v) is 12.5. The second-order valence-corrected chi connectivity index (χ2v) is 5.83. The van der Waals surface area contributed by atoms with Crippen molar-refractivity contribution in [3.63, 3.8) is 0 Å². The Morgan fingerprint density at radius 1 is 1.68 bits per heavy atom. The Bertz CT molecular complexity index is 583. The van der Waals surface area contributed by atoms with Crippen molar-refractivity contribution in [2.24, 2.45) is 17.1 Å². The van der Waals surface area contributed by atoms with E-state index >= 15 is 0 Å². The number of carbonyl (C=O) groups excluding carboxylic acids is 1. The number of amides is 1. The van der Waals surface area contributed by atoms with Crippen molar-refractivity contribution < 1.29 is 18.7 Å². The summed E-state index contributed by atoms with van der Waals surface area (Å²) in [5, 5.41) is 0. The van der Waals surface area contributed by atoms with Crippen LogP contribution >= 0.6 is 0 Å². The summed E-state index contributed by atoms with van der Waals surface area (Å²) in [6, 6.07) is 1.58. The van der Waals surface area contributed by atoms with Gasteiger partial charge < -0.3 is 20.1 Å². The topological polar surface area (TPSA) is 77.7 Å². The van der Waals surface area contributed by atoms with Gasteiger partial charge in [0.2, 0.25) is 11.8 Å². The number of hydrogen-bond donors (Lipinski definition) is 1. The third-order valence-corrected chi connectivity index (χ3v) is 4.64. The number of anilines is 1. The summed E-state index contributed by atoms with van der Waals surface area (Å²) < 4.78 is 25.0. The first-order valence-electron chi connectivity index (χ1n) is 7.48. The van der Waals surface area contributed by atoms with Gasteiger partial charge in [0.05, 0.1) is 30.5 Å². The third kappa shape index (κ3) is 2.39. The number of hydrogen-bond acceptors (Lipinski definition) is 5. The molecule has 0 aliphatic carbocycles. The molecule has 2 N–H and O–H groups in total. The van der Waals surface area contributed by atoms with Crippen molar-refractivity contribution in [2.45, 2.75) is 13.3 Å². The molecule has 2 atom stereocenters. The van der Waals surface area contributed by atoms with Crippen LogP contribution < -0.4 is 15.4 Å². The summed E-state index contributed by atoms with van der Waals surface area (Å²) in [6.45, 7) is 4.23. The fourth-order valence-corrected chi connectivity index (χ4v) is 3.41. The van der Waals surface area contributed by atoms with Crippen LogP contribution in [0, 0.1) is 17.2 Å². The van der Waals surface area contributed by atoms with Crippen molar-refractivity contribution in [1.29, 1.82) is 0 Å². The van der Waals surface area contributed by atoms with Gasteiger partial charge in [0.15, 0.2) is 5.82 Å². The highest BCUT2D eigenvalue weighted by Gasteiger charge is 2.53. The molecule has 2 fully saturated rings. The second kappa shape index (κ2) is 5.72. The highest BCUT2D eigenvalue weighted by atomic mass is 19.1. The van der Waals surface area contributed by atoms with E-state index < -0.39 is 11.2 Å². The van der Waals surface area contributed by atoms with Gasteiger partial charge in [-0.2, -0.15) is 0 Å². The van der Waals surface area contributed by atoms with E-state index in [1.807, 2.05) is 11.8 Å². The Morgan fingerprint density at radius 2 is 2.50 bits per heavy atom. The van der Waals surface area contributed by atoms with Crippen molar-refractivity contribution in [3.05, 3.63) is 18.1 Å². The molecule has 2 aliphatic heterocycles. The number of nitrogens with zero attached hydrogens (tertiary/aromatic N) is 2. The number of fused-ring (bicyclic) bond motifs is 1. The second-order valence-electron chi connectivity index (χ2n) is 5.83. The number of nitrogens with two attached hydrogens (primary N) is 1. The van der Waals surface area contributed by atoms with Crippen molar-refractivity contribution in [1.82, 2.24) is 4.98 Å². The maximum atomic E-state index is 14.2. The number of primary amides is 1. The smallest absolute Gasteiger partial charge is 0.225 e. The molecule has 6 nitrogen and oxygen atoms in total. The maximum absolute atomic E-state index is 14.2. The Balaban J connectivity index is 1.90. The van der Waals surface area contributed by atoms with Gasteiger partial charge in [-0.1, -0.05) is 0 Å². The molecule has 120 valence electrons. The summed E-state index contributed by atoms with van der Waals surface area (Å²) in [6.07, 6.45) is 1.73. The largest absolute Gasteiger partial charge is 0.478 e. The molecule has 22 heavy (non-hydrogen) atoms. The molecule has 0 unspecified atom stereocenters. The molecule has 1 amide bonds. The van der Waals surface area contributed by atoms with Crippen molar-refractivity contribution in [3.8, 4) is 5.88 Å². The molecule has 0 spiro atoms. The van der Waals surface area contributed by atoms with Crippen LogP contribution in [0.1, 0.15) is 13.3 Å². The molecular weight excluding hydrogens is 289 g/mol. The van der Waals surface area contributed by atoms with Gasteiger partial charge in [-0.15, -0.1) is 0 Å². The predicted octanol–water partition coefficient (Wildman–Crippen LogP) is 0.948. The zero-order valence-electron chi connectivity index (χ0n) is 12.5. The highest BCUT2D eigenvalue weighted by Crippen LogP contribution is 2.44. The van der Waals surface area contributed by atoms with Crippen LogP contribution in [0.2, 0.25) is 0 Å². The average Bonchev–Trinajstić information content (AvgIpc) is 2.90. The minimum Gasteiger partial charge on any atom is -0.478 e. The van der Waals surface area contributed by atoms with Crippen LogP contribution in [0.3, 0.4) is 0 Å². The van der Waals surface area contributed by atoms with E-state index in [0.29, 0.717) is 50.9 Å². The number of rotatable bonds is 4. The fourth-order valence-electron chi connectivity index (χ4n) is 3.41. The van der Waals surface area contributed by atoms with Gasteiger partial charge >= 0.3 is 0 Å². The van der Waals surface area contributed by atoms with E-state index in [1.165, 1.54) is 0 Å². The molecule has 0 saturated carbocycles. The SMILES string of the molecule is CCOc1cc(N2C[C@@H]3COCC[C@]3(C(N)=O)C2)c(F)cn1. The summed E-state index contributed by atoms with van der Waals surface area (Å²) in [4.78, 5) is 17.8. The van der Waals surface area contributed by atoms with Crippen LogP contribution in [0.25, 0.3) is 0 Å². The summed E-state index contributed by atoms with van der Waals surface area (Å²) >= 11 is 0. The van der Waals surface area contributed by atoms with Gasteiger partial charge in [0.1, 0.15) is 0 Å². The standard InChI is InChI=1S/C15H20FN3O3/c1-2-22-13-5-12(11(16)6-18-13)19-7-10-8-21-4-3-15(10,9-19)14(17)20/h5-6,10H,2-4,7-9H2,1H3,(H2,17,20)/t10-,15+/m1/s1. The summed E-state index contributed by atoms with van der Waals surface area (Å²) in [5.74, 6) is -0.398. The first-order chi connectivity index (χ1) is 10.6. The molecular formula is C15H20FN3O3. The van der Waals surface area contributed by atoms with E-state index in [4.69, 9.17) is 15.2 Å². The number of carbonyl (C=O) groups is 1. The molecule has 7 heteroatoms. The lowest BCUT2D eigenvalue weighted by molar-refractivity contribution is -0.135. The lowest BCUT2D eigenvalue weighted by atomic mass is 9.74. The Labute approximate surface area is 128 Å². The van der Waals surface area contributed by atoms with E-state index in [-0.39, 0.29) is 11.8 Å². The molecule has 3 rings (SSSR count). The molecule has 1 aromatic heterocycles. The summed E-state index contributed by atoms with van der Waals surface area (Å²) in [5.41, 5.74) is 5.40. The van der Waals surface area contributed by atoms with Crippen molar-refractivity contribution >= 4 is 11.6 Å². The number of halogens is 1. The van der Waals surface area contributed by atoms with Crippen molar-refractivity contribution in [2.75, 3.05) is 37.8 Å². The quantitative estimate of drug-likeness (QED) is 0.896. The Kier molecular flexibility index (Phi) is 3.90. The molecule has 3 heterocycles. The van der Waals surface area contributed by atoms with E-state index in [2.05, 4.69) is 4.98 Å². The van der Waals surface area contributed by atoms with E-state index in [0.717, 1.165) is 6.20 Å². The third-order valence-electron chi connectivity index (χ3n) is 4.64. The fraction of sp³-hybridized carbons (Fsp3) is 0.600. The summed E-state index contributed by atoms with van der Waals surface area (Å²) in [7, 11) is 0. The number of pyridine rings is 1. The zero-order chi connectivity index (χ0) is 15.7. The monoisotopic (exact) mass is 309 g/mol. The van der Waals surface area contributed by atoms with Gasteiger partial charge in [-0.25, -0.2) is 9.37 Å². The Morgan fingerprint density at radius 3 is 3.18 bits per heavy atom. The Hall–Kier alpha value is -1.89. The highest BCUT2D eigenvalue weighted by molar-refractivity contribution is 5.83. The maximum Gasteiger partial charge on any atom is 0.225 e. The normalized spacial score (nSPS) is 27.5. The molecule has 0 aromatic carbocycles. The number of ether oxygens (including phenoxy) is 2. The first-order valence-corrected chi connectivity index (χ1v) is 7.48. The molecule has 1 aromatic rings. The molecule has 2 aliphatic rings. The van der Waals surface area contributed by atoms with E-state index in [1.54, 1.807) is 6.07 Å². The molecule has 0 radical (unpaired) electrons. The van der Waals surface area contributed by atoms with E-state index in [9.17, 15) is 9.18 Å². The van der Waals surface area contributed by atoms with Crippen LogP contribution in [-0.4, -0.2) is 43.8 Å². The van der Waals surface area contributed by atoms with Gasteiger partial charge in [0.25, 0.3) is 0 Å². The lowest BCUT2D eigenvalue weighted by Crippen LogP contribution is -2.48. The van der Waals surface area contributed by atoms with Crippen LogP contribution in [0.4, 0.5) is 10.1 Å². The van der Waals surface area contributed by atoms with Crippen LogP contribution in [0.5, 0.6) is 5.88 Å². The number of aromatic nitrogens is 1. The minimum absolute atomic E-state index is 0.0122. The minimum atomic E-state index is -0.639.